The van der Waals surface area contributed by atoms with Crippen LogP contribution in [0.2, 0.25) is 0 Å². The maximum atomic E-state index is 12.6. The Balaban J connectivity index is 2.29. The highest BCUT2D eigenvalue weighted by Gasteiger charge is 2.26. The number of hydrogen-bond acceptors (Lipinski definition) is 5. The number of nitrogens with two attached hydrogens (primary N) is 1. The fourth-order valence-corrected chi connectivity index (χ4v) is 4.04. The number of nitrogens with one attached hydrogen (secondary N) is 1. The van der Waals surface area contributed by atoms with Crippen molar-refractivity contribution in [1.29, 1.82) is 0 Å². The molecular formula is C14H23N3O3S. The predicted molar refractivity (Wildman–Crippen MR) is 83.0 cm³/mol. The molecule has 0 spiro atoms. The van der Waals surface area contributed by atoms with Crippen LogP contribution in [-0.2, 0) is 10.0 Å². The minimum Gasteiger partial charge on any atom is -0.495 e. The summed E-state index contributed by atoms with van der Waals surface area (Å²) in [6.45, 7) is 3.53. The Kier molecular flexibility index (Phi) is 4.75. The summed E-state index contributed by atoms with van der Waals surface area (Å²) in [5.74, 6) is 0.318. The van der Waals surface area contributed by atoms with Crippen molar-refractivity contribution in [1.82, 2.24) is 9.62 Å². The maximum Gasteiger partial charge on any atom is 0.244 e. The Morgan fingerprint density at radius 3 is 2.76 bits per heavy atom. The Morgan fingerprint density at radius 2 is 2.14 bits per heavy atom. The third-order valence-corrected chi connectivity index (χ3v) is 5.33. The molecule has 0 aromatic heterocycles. The van der Waals surface area contributed by atoms with Crippen molar-refractivity contribution < 1.29 is 13.2 Å². The molecule has 1 fully saturated rings. The Labute approximate surface area is 126 Å². The molecule has 0 aliphatic carbocycles. The standard InChI is InChI=1S/C14H23N3O3S/c1-10-7-13(20-3)14(8-12(10)15)21(18,19)16-11-5-4-6-17(2)9-11/h7-8,11,16H,4-6,9,15H2,1-3H3. The van der Waals surface area contributed by atoms with Gasteiger partial charge >= 0.3 is 0 Å². The van der Waals surface area contributed by atoms with E-state index in [0.29, 0.717) is 18.0 Å². The minimum atomic E-state index is -3.65. The summed E-state index contributed by atoms with van der Waals surface area (Å²) in [5.41, 5.74) is 7.08. The van der Waals surface area contributed by atoms with Crippen LogP contribution < -0.4 is 15.2 Å². The number of rotatable bonds is 4. The van der Waals surface area contributed by atoms with Crippen molar-refractivity contribution in [2.24, 2.45) is 0 Å². The van der Waals surface area contributed by atoms with Gasteiger partial charge in [0.05, 0.1) is 7.11 Å². The molecule has 3 N–H and O–H groups in total. The van der Waals surface area contributed by atoms with Crippen LogP contribution in [0.25, 0.3) is 0 Å². The van der Waals surface area contributed by atoms with Gasteiger partial charge in [0.25, 0.3) is 0 Å². The number of aryl methyl sites for hydroxylation is 1. The second-order valence-electron chi connectivity index (χ2n) is 5.58. The van der Waals surface area contributed by atoms with Crippen molar-refractivity contribution in [2.45, 2.75) is 30.7 Å². The van der Waals surface area contributed by atoms with Crippen LogP contribution in [0.15, 0.2) is 17.0 Å². The Bertz CT molecular complexity index is 616. The molecule has 1 heterocycles. The Hall–Kier alpha value is -1.31. The number of hydrogen-bond donors (Lipinski definition) is 2. The van der Waals surface area contributed by atoms with Crippen LogP contribution in [0.4, 0.5) is 5.69 Å². The molecule has 118 valence electrons. The number of anilines is 1. The SMILES string of the molecule is COc1cc(C)c(N)cc1S(=O)(=O)NC1CCCN(C)C1. The summed E-state index contributed by atoms with van der Waals surface area (Å²) in [6.07, 6.45) is 1.82. The van der Waals surface area contributed by atoms with E-state index in [1.807, 2.05) is 14.0 Å². The number of methoxy groups -OCH3 is 1. The van der Waals surface area contributed by atoms with E-state index in [2.05, 4.69) is 9.62 Å². The summed E-state index contributed by atoms with van der Waals surface area (Å²) >= 11 is 0. The van der Waals surface area contributed by atoms with E-state index in [-0.39, 0.29) is 10.9 Å². The first kappa shape index (κ1) is 16.1. The zero-order valence-corrected chi connectivity index (χ0v) is 13.5. The lowest BCUT2D eigenvalue weighted by molar-refractivity contribution is 0.242. The van der Waals surface area contributed by atoms with Crippen LogP contribution >= 0.6 is 0 Å². The average Bonchev–Trinajstić information content (AvgIpc) is 2.40. The van der Waals surface area contributed by atoms with Gasteiger partial charge in [0.15, 0.2) is 0 Å². The number of nitrogen functional groups attached to an aromatic ring is 1. The van der Waals surface area contributed by atoms with Gasteiger partial charge < -0.3 is 15.4 Å². The molecule has 1 aliphatic heterocycles. The molecule has 1 saturated heterocycles. The molecule has 21 heavy (non-hydrogen) atoms. The largest absolute Gasteiger partial charge is 0.495 e. The summed E-state index contributed by atoms with van der Waals surface area (Å²) in [6, 6.07) is 3.03. The molecule has 1 aromatic carbocycles. The van der Waals surface area contributed by atoms with Gasteiger partial charge in [-0.3, -0.25) is 0 Å². The van der Waals surface area contributed by atoms with Crippen molar-refractivity contribution >= 4 is 15.7 Å². The molecule has 1 unspecified atom stereocenters. The lowest BCUT2D eigenvalue weighted by Crippen LogP contribution is -2.46. The lowest BCUT2D eigenvalue weighted by Gasteiger charge is -2.30. The van der Waals surface area contributed by atoms with Crippen molar-refractivity contribution in [3.05, 3.63) is 17.7 Å². The van der Waals surface area contributed by atoms with Gasteiger partial charge in [0, 0.05) is 18.3 Å². The van der Waals surface area contributed by atoms with Crippen LogP contribution in [0, 0.1) is 6.92 Å². The highest BCUT2D eigenvalue weighted by molar-refractivity contribution is 7.89. The van der Waals surface area contributed by atoms with Gasteiger partial charge in [-0.15, -0.1) is 0 Å². The van der Waals surface area contributed by atoms with E-state index in [9.17, 15) is 8.42 Å². The predicted octanol–water partition coefficient (Wildman–Crippen LogP) is 0.958. The summed E-state index contributed by atoms with van der Waals surface area (Å²) < 4.78 is 33.1. The van der Waals surface area contributed by atoms with Crippen LogP contribution in [0.5, 0.6) is 5.75 Å². The first-order valence-corrected chi connectivity index (χ1v) is 8.47. The molecular weight excluding hydrogens is 290 g/mol. The molecule has 1 atom stereocenters. The fourth-order valence-electron chi connectivity index (χ4n) is 2.59. The molecule has 0 saturated carbocycles. The van der Waals surface area contributed by atoms with E-state index in [1.165, 1.54) is 13.2 Å². The van der Waals surface area contributed by atoms with Crippen molar-refractivity contribution in [2.75, 3.05) is 33.0 Å². The van der Waals surface area contributed by atoms with Gasteiger partial charge in [-0.2, -0.15) is 0 Å². The average molecular weight is 313 g/mol. The second kappa shape index (κ2) is 6.21. The smallest absolute Gasteiger partial charge is 0.244 e. The number of likely N-dealkylation sites (tertiary alicyclic amines) is 1. The number of ether oxygens (including phenoxy) is 1. The van der Waals surface area contributed by atoms with Crippen molar-refractivity contribution in [3.63, 3.8) is 0 Å². The van der Waals surface area contributed by atoms with Gasteiger partial charge in [-0.05, 0) is 51.1 Å². The zero-order chi connectivity index (χ0) is 15.6. The zero-order valence-electron chi connectivity index (χ0n) is 12.7. The first-order chi connectivity index (χ1) is 9.83. The first-order valence-electron chi connectivity index (χ1n) is 6.98. The normalized spacial score (nSPS) is 20.4. The summed E-state index contributed by atoms with van der Waals surface area (Å²) in [7, 11) is -0.199. The number of nitrogens with zero attached hydrogens (tertiary/aromatic N) is 1. The molecule has 6 nitrogen and oxygen atoms in total. The van der Waals surface area contributed by atoms with Gasteiger partial charge in [0.1, 0.15) is 10.6 Å². The van der Waals surface area contributed by atoms with E-state index in [0.717, 1.165) is 24.9 Å². The van der Waals surface area contributed by atoms with Gasteiger partial charge in [-0.1, -0.05) is 0 Å². The summed E-state index contributed by atoms with van der Waals surface area (Å²) in [5, 5.41) is 0. The quantitative estimate of drug-likeness (QED) is 0.809. The number of benzene rings is 1. The fraction of sp³-hybridized carbons (Fsp3) is 0.571. The van der Waals surface area contributed by atoms with Crippen molar-refractivity contribution in [3.8, 4) is 5.75 Å². The third kappa shape index (κ3) is 3.66. The van der Waals surface area contributed by atoms with Crippen LogP contribution in [0.1, 0.15) is 18.4 Å². The summed E-state index contributed by atoms with van der Waals surface area (Å²) in [4.78, 5) is 2.22. The molecule has 1 aliphatic rings. The third-order valence-electron chi connectivity index (χ3n) is 3.79. The molecule has 1 aromatic rings. The topological polar surface area (TPSA) is 84.7 Å². The minimum absolute atomic E-state index is 0.0824. The number of likely N-dealkylation sites (N-methyl/N-ethyl adjacent to an activating group) is 1. The van der Waals surface area contributed by atoms with Crippen LogP contribution in [0.3, 0.4) is 0 Å². The maximum absolute atomic E-state index is 12.6. The highest BCUT2D eigenvalue weighted by atomic mass is 32.2. The van der Waals surface area contributed by atoms with E-state index >= 15 is 0 Å². The number of sulfonamides is 1. The molecule has 0 bridgehead atoms. The second-order valence-corrected chi connectivity index (χ2v) is 7.26. The van der Waals surface area contributed by atoms with Gasteiger partial charge in [-0.25, -0.2) is 13.1 Å². The number of piperidine rings is 1. The lowest BCUT2D eigenvalue weighted by atomic mass is 10.1. The Morgan fingerprint density at radius 1 is 1.43 bits per heavy atom. The molecule has 7 heteroatoms. The molecule has 2 rings (SSSR count). The van der Waals surface area contributed by atoms with E-state index in [1.54, 1.807) is 6.07 Å². The highest BCUT2D eigenvalue weighted by Crippen LogP contribution is 2.29. The molecule has 0 radical (unpaired) electrons. The van der Waals surface area contributed by atoms with Crippen LogP contribution in [-0.4, -0.2) is 46.6 Å². The molecule has 0 amide bonds. The van der Waals surface area contributed by atoms with Gasteiger partial charge in [0.2, 0.25) is 10.0 Å². The monoisotopic (exact) mass is 313 g/mol. The van der Waals surface area contributed by atoms with E-state index < -0.39 is 10.0 Å². The van der Waals surface area contributed by atoms with E-state index in [4.69, 9.17) is 10.5 Å².